The van der Waals surface area contributed by atoms with Gasteiger partial charge in [0.05, 0.1) is 11.4 Å². The maximum absolute atomic E-state index is 5.85. The molecule has 0 bridgehead atoms. The molecule has 0 amide bonds. The molecule has 2 N–H and O–H groups in total. The lowest BCUT2D eigenvalue weighted by atomic mass is 9.93. The number of fused-ring (bicyclic) bond motifs is 1. The first-order chi connectivity index (χ1) is 10.0. The Hall–Kier alpha value is -1.65. The third-order valence-electron chi connectivity index (χ3n) is 3.66. The van der Waals surface area contributed by atoms with Crippen molar-refractivity contribution in [2.45, 2.75) is 32.6 Å². The number of rotatable bonds is 3. The molecule has 3 aromatic rings. The summed E-state index contributed by atoms with van der Waals surface area (Å²) < 4.78 is 2.31. The minimum atomic E-state index is 0.0935. The first kappa shape index (κ1) is 14.3. The van der Waals surface area contributed by atoms with Crippen molar-refractivity contribution in [1.29, 1.82) is 0 Å². The Kier molecular flexibility index (Phi) is 3.59. The van der Waals surface area contributed by atoms with Crippen LogP contribution in [0.4, 0.5) is 0 Å². The van der Waals surface area contributed by atoms with Crippen LogP contribution >= 0.6 is 11.3 Å². The van der Waals surface area contributed by atoms with Gasteiger partial charge in [-0.15, -0.1) is 11.3 Å². The van der Waals surface area contributed by atoms with Gasteiger partial charge in [0.25, 0.3) is 0 Å². The summed E-state index contributed by atoms with van der Waals surface area (Å²) in [6.07, 6.45) is 0.838. The van der Waals surface area contributed by atoms with Crippen molar-refractivity contribution in [1.82, 2.24) is 9.38 Å². The Labute approximate surface area is 129 Å². The Morgan fingerprint density at radius 2 is 1.90 bits per heavy atom. The van der Waals surface area contributed by atoms with E-state index in [4.69, 9.17) is 10.7 Å². The normalized spacial score (nSPS) is 12.2. The van der Waals surface area contributed by atoms with Crippen LogP contribution in [-0.4, -0.2) is 15.9 Å². The topological polar surface area (TPSA) is 43.3 Å². The predicted octanol–water partition coefficient (Wildman–Crippen LogP) is 3.86. The summed E-state index contributed by atoms with van der Waals surface area (Å²) >= 11 is 1.71. The van der Waals surface area contributed by atoms with Gasteiger partial charge in [-0.1, -0.05) is 51.1 Å². The van der Waals surface area contributed by atoms with Crippen molar-refractivity contribution in [2.75, 3.05) is 6.54 Å². The summed E-state index contributed by atoms with van der Waals surface area (Å²) in [7, 11) is 0. The molecule has 0 radical (unpaired) electrons. The highest BCUT2D eigenvalue weighted by molar-refractivity contribution is 7.15. The molecule has 2 aromatic heterocycles. The molecule has 0 spiro atoms. The summed E-state index contributed by atoms with van der Waals surface area (Å²) in [5.41, 5.74) is 10.7. The van der Waals surface area contributed by atoms with Gasteiger partial charge in [-0.2, -0.15) is 0 Å². The molecule has 1 aromatic carbocycles. The average molecular weight is 299 g/mol. The van der Waals surface area contributed by atoms with Crippen molar-refractivity contribution in [3.8, 4) is 11.3 Å². The zero-order valence-corrected chi connectivity index (χ0v) is 13.6. The second-order valence-corrected chi connectivity index (χ2v) is 7.14. The van der Waals surface area contributed by atoms with E-state index in [2.05, 4.69) is 54.8 Å². The van der Waals surface area contributed by atoms with Gasteiger partial charge in [-0.05, 0) is 6.54 Å². The highest BCUT2D eigenvalue weighted by Gasteiger charge is 2.23. The van der Waals surface area contributed by atoms with E-state index in [0.717, 1.165) is 22.6 Å². The first-order valence-corrected chi connectivity index (χ1v) is 8.15. The van der Waals surface area contributed by atoms with Gasteiger partial charge >= 0.3 is 0 Å². The molecule has 0 aliphatic rings. The molecule has 0 unspecified atom stereocenters. The number of hydrogen-bond donors (Lipinski definition) is 1. The highest BCUT2D eigenvalue weighted by atomic mass is 32.1. The van der Waals surface area contributed by atoms with Gasteiger partial charge in [0.15, 0.2) is 4.96 Å². The zero-order chi connectivity index (χ0) is 15.0. The van der Waals surface area contributed by atoms with Crippen LogP contribution < -0.4 is 5.73 Å². The Morgan fingerprint density at radius 3 is 2.52 bits per heavy atom. The van der Waals surface area contributed by atoms with E-state index in [1.165, 1.54) is 11.4 Å². The molecule has 0 atom stereocenters. The van der Waals surface area contributed by atoms with Crippen LogP contribution in [0.25, 0.3) is 16.2 Å². The zero-order valence-electron chi connectivity index (χ0n) is 12.8. The van der Waals surface area contributed by atoms with Crippen LogP contribution in [0.1, 0.15) is 32.2 Å². The maximum atomic E-state index is 5.85. The molecular weight excluding hydrogens is 278 g/mol. The van der Waals surface area contributed by atoms with Crippen molar-refractivity contribution in [2.24, 2.45) is 5.73 Å². The Balaban J connectivity index is 2.27. The number of nitrogens with two attached hydrogens (primary N) is 1. The molecule has 0 fully saturated rings. The molecule has 0 aliphatic carbocycles. The number of nitrogens with zero attached hydrogens (tertiary/aromatic N) is 2. The average Bonchev–Trinajstić information content (AvgIpc) is 3.00. The van der Waals surface area contributed by atoms with Crippen molar-refractivity contribution in [3.05, 3.63) is 47.1 Å². The standard InChI is InChI=1S/C17H21N3S/c1-17(2,3)14-11-21-16-19-15(12-7-5-4-6-8-12)13(9-10-18)20(14)16/h4-8,11H,9-10,18H2,1-3H3. The van der Waals surface area contributed by atoms with E-state index in [1.807, 2.05) is 6.07 Å². The quantitative estimate of drug-likeness (QED) is 0.798. The second kappa shape index (κ2) is 5.28. The van der Waals surface area contributed by atoms with Crippen molar-refractivity contribution in [3.63, 3.8) is 0 Å². The largest absolute Gasteiger partial charge is 0.330 e. The van der Waals surface area contributed by atoms with Crippen LogP contribution in [0.2, 0.25) is 0 Å². The third kappa shape index (κ3) is 2.49. The van der Waals surface area contributed by atoms with Crippen LogP contribution in [0.15, 0.2) is 35.7 Å². The number of aromatic nitrogens is 2. The van der Waals surface area contributed by atoms with Gasteiger partial charge in [0.2, 0.25) is 0 Å². The molecule has 2 heterocycles. The van der Waals surface area contributed by atoms with Crippen LogP contribution in [0, 0.1) is 0 Å². The summed E-state index contributed by atoms with van der Waals surface area (Å²) in [4.78, 5) is 5.92. The van der Waals surface area contributed by atoms with E-state index in [0.29, 0.717) is 6.54 Å². The fourth-order valence-corrected chi connectivity index (χ4v) is 3.76. The molecule has 110 valence electrons. The van der Waals surface area contributed by atoms with Crippen molar-refractivity contribution >= 4 is 16.3 Å². The second-order valence-electron chi connectivity index (χ2n) is 6.30. The predicted molar refractivity (Wildman–Crippen MR) is 90.0 cm³/mol. The Morgan fingerprint density at radius 1 is 1.19 bits per heavy atom. The monoisotopic (exact) mass is 299 g/mol. The molecular formula is C17H21N3S. The summed E-state index contributed by atoms with van der Waals surface area (Å²) in [5.74, 6) is 0. The number of thiazole rings is 1. The number of hydrogen-bond acceptors (Lipinski definition) is 3. The Bertz CT molecular complexity index is 748. The minimum Gasteiger partial charge on any atom is -0.330 e. The lowest BCUT2D eigenvalue weighted by Gasteiger charge is -2.18. The van der Waals surface area contributed by atoms with Gasteiger partial charge < -0.3 is 5.73 Å². The van der Waals surface area contributed by atoms with Gasteiger partial charge in [-0.25, -0.2) is 4.98 Å². The molecule has 3 rings (SSSR count). The van der Waals surface area contributed by atoms with Gasteiger partial charge in [-0.3, -0.25) is 4.40 Å². The molecule has 21 heavy (non-hydrogen) atoms. The lowest BCUT2D eigenvalue weighted by molar-refractivity contribution is 0.561. The number of benzene rings is 1. The van der Waals surface area contributed by atoms with Gasteiger partial charge in [0.1, 0.15) is 0 Å². The summed E-state index contributed by atoms with van der Waals surface area (Å²) in [5, 5.41) is 2.22. The smallest absolute Gasteiger partial charge is 0.194 e. The van der Waals surface area contributed by atoms with E-state index in [-0.39, 0.29) is 5.41 Å². The first-order valence-electron chi connectivity index (χ1n) is 7.27. The van der Waals surface area contributed by atoms with Crippen molar-refractivity contribution < 1.29 is 0 Å². The highest BCUT2D eigenvalue weighted by Crippen LogP contribution is 2.33. The fraction of sp³-hybridized carbons (Fsp3) is 0.353. The fourth-order valence-electron chi connectivity index (χ4n) is 2.63. The van der Waals surface area contributed by atoms with E-state index >= 15 is 0 Å². The third-order valence-corrected chi connectivity index (χ3v) is 4.48. The van der Waals surface area contributed by atoms with E-state index in [9.17, 15) is 0 Å². The van der Waals surface area contributed by atoms with Crippen LogP contribution in [0.5, 0.6) is 0 Å². The molecule has 0 saturated heterocycles. The summed E-state index contributed by atoms with van der Waals surface area (Å²) in [6, 6.07) is 10.4. The molecule has 3 nitrogen and oxygen atoms in total. The maximum Gasteiger partial charge on any atom is 0.194 e. The van der Waals surface area contributed by atoms with Gasteiger partial charge in [0, 0.05) is 28.5 Å². The minimum absolute atomic E-state index is 0.0935. The SMILES string of the molecule is CC(C)(C)c1csc2nc(-c3ccccc3)c(CCN)n12. The van der Waals surface area contributed by atoms with E-state index < -0.39 is 0 Å². The van der Waals surface area contributed by atoms with Crippen LogP contribution in [0.3, 0.4) is 0 Å². The number of imidazole rings is 1. The van der Waals surface area contributed by atoms with E-state index in [1.54, 1.807) is 11.3 Å². The summed E-state index contributed by atoms with van der Waals surface area (Å²) in [6.45, 7) is 7.35. The molecule has 0 aliphatic heterocycles. The lowest BCUT2D eigenvalue weighted by Crippen LogP contribution is -2.16. The molecule has 0 saturated carbocycles. The van der Waals surface area contributed by atoms with Crippen LogP contribution in [-0.2, 0) is 11.8 Å². The molecule has 4 heteroatoms.